The number of hydrogen-bond acceptors (Lipinski definition) is 5. The number of hydrogen-bond donors (Lipinski definition) is 1. The Labute approximate surface area is 132 Å². The fraction of sp³-hybridized carbons (Fsp3) is 0.176. The molecule has 0 radical (unpaired) electrons. The molecule has 2 aromatic carbocycles. The molecule has 6 nitrogen and oxygen atoms in total. The summed E-state index contributed by atoms with van der Waals surface area (Å²) in [5.41, 5.74) is 1.59. The lowest BCUT2D eigenvalue weighted by Crippen LogP contribution is -2.14. The standard InChI is InChI=1S/C17H15NO5/c19-15-11-23-16-10-13(18(20)21)6-7-14(16)17(15)22-9-8-12-4-2-1-3-5-12/h1-7,10,19H,8-9,11H2. The maximum atomic E-state index is 10.8. The highest BCUT2D eigenvalue weighted by Crippen LogP contribution is 2.35. The summed E-state index contributed by atoms with van der Waals surface area (Å²) in [6, 6.07) is 14.1. The van der Waals surface area contributed by atoms with Crippen LogP contribution >= 0.6 is 0 Å². The van der Waals surface area contributed by atoms with Crippen LogP contribution in [-0.4, -0.2) is 23.2 Å². The van der Waals surface area contributed by atoms with Crippen molar-refractivity contribution in [3.63, 3.8) is 0 Å². The molecule has 0 saturated heterocycles. The number of nitro benzene ring substituents is 1. The van der Waals surface area contributed by atoms with Gasteiger partial charge in [0.15, 0.2) is 11.5 Å². The Morgan fingerprint density at radius 3 is 2.74 bits per heavy atom. The number of nitrogens with zero attached hydrogens (tertiary/aromatic N) is 1. The van der Waals surface area contributed by atoms with Crippen molar-refractivity contribution in [2.45, 2.75) is 6.42 Å². The first-order valence-corrected chi connectivity index (χ1v) is 7.15. The first kappa shape index (κ1) is 14.9. The van der Waals surface area contributed by atoms with Gasteiger partial charge in [-0.2, -0.15) is 0 Å². The maximum Gasteiger partial charge on any atom is 0.273 e. The van der Waals surface area contributed by atoms with E-state index in [-0.39, 0.29) is 18.1 Å². The summed E-state index contributed by atoms with van der Waals surface area (Å²) in [6.07, 6.45) is 0.695. The monoisotopic (exact) mass is 313 g/mol. The van der Waals surface area contributed by atoms with Crippen LogP contribution in [0.25, 0.3) is 5.76 Å². The molecular weight excluding hydrogens is 298 g/mol. The molecule has 2 aromatic rings. The van der Waals surface area contributed by atoms with Gasteiger partial charge in [0.2, 0.25) is 0 Å². The van der Waals surface area contributed by atoms with Gasteiger partial charge in [-0.15, -0.1) is 0 Å². The third kappa shape index (κ3) is 3.26. The highest BCUT2D eigenvalue weighted by atomic mass is 16.6. The first-order chi connectivity index (χ1) is 11.1. The van der Waals surface area contributed by atoms with Crippen LogP contribution in [0.15, 0.2) is 54.3 Å². The van der Waals surface area contributed by atoms with E-state index in [0.717, 1.165) is 5.56 Å². The van der Waals surface area contributed by atoms with E-state index in [1.165, 1.54) is 18.2 Å². The molecule has 0 unspecified atom stereocenters. The van der Waals surface area contributed by atoms with Crippen molar-refractivity contribution in [3.8, 4) is 5.75 Å². The topological polar surface area (TPSA) is 81.8 Å². The van der Waals surface area contributed by atoms with Crippen molar-refractivity contribution in [2.24, 2.45) is 0 Å². The summed E-state index contributed by atoms with van der Waals surface area (Å²) < 4.78 is 11.0. The second-order valence-corrected chi connectivity index (χ2v) is 5.09. The molecule has 3 rings (SSSR count). The summed E-state index contributed by atoms with van der Waals surface area (Å²) in [7, 11) is 0. The molecule has 0 bridgehead atoms. The molecule has 1 N–H and O–H groups in total. The van der Waals surface area contributed by atoms with Crippen molar-refractivity contribution >= 4 is 11.4 Å². The number of rotatable bonds is 5. The highest BCUT2D eigenvalue weighted by molar-refractivity contribution is 5.70. The minimum Gasteiger partial charge on any atom is -0.505 e. The molecule has 0 saturated carbocycles. The molecule has 1 heterocycles. The molecule has 23 heavy (non-hydrogen) atoms. The molecule has 0 atom stereocenters. The Morgan fingerprint density at radius 2 is 2.00 bits per heavy atom. The van der Waals surface area contributed by atoms with E-state index in [9.17, 15) is 15.2 Å². The maximum absolute atomic E-state index is 10.8. The minimum atomic E-state index is -0.488. The number of benzene rings is 2. The van der Waals surface area contributed by atoms with Crippen molar-refractivity contribution in [2.75, 3.05) is 13.2 Å². The van der Waals surface area contributed by atoms with Gasteiger partial charge in [0.05, 0.1) is 23.2 Å². The molecule has 1 aliphatic rings. The van der Waals surface area contributed by atoms with Crippen LogP contribution in [0.4, 0.5) is 5.69 Å². The van der Waals surface area contributed by atoms with Gasteiger partial charge >= 0.3 is 0 Å². The zero-order chi connectivity index (χ0) is 16.2. The molecule has 0 spiro atoms. The van der Waals surface area contributed by atoms with Crippen LogP contribution in [0.1, 0.15) is 11.1 Å². The highest BCUT2D eigenvalue weighted by Gasteiger charge is 2.23. The van der Waals surface area contributed by atoms with Gasteiger partial charge < -0.3 is 14.6 Å². The van der Waals surface area contributed by atoms with E-state index < -0.39 is 4.92 Å². The molecule has 1 aliphatic heterocycles. The summed E-state index contributed by atoms with van der Waals surface area (Å²) in [5, 5.41) is 20.8. The molecule has 6 heteroatoms. The lowest BCUT2D eigenvalue weighted by Gasteiger charge is -2.21. The van der Waals surface area contributed by atoms with Crippen molar-refractivity contribution in [3.05, 3.63) is 75.5 Å². The number of fused-ring (bicyclic) bond motifs is 1. The average molecular weight is 313 g/mol. The van der Waals surface area contributed by atoms with Gasteiger partial charge in [0.25, 0.3) is 5.69 Å². The van der Waals surface area contributed by atoms with Gasteiger partial charge in [-0.1, -0.05) is 30.3 Å². The van der Waals surface area contributed by atoms with Crippen molar-refractivity contribution < 1.29 is 19.5 Å². The molecule has 0 amide bonds. The molecule has 118 valence electrons. The molecule has 0 fully saturated rings. The third-order valence-electron chi connectivity index (χ3n) is 3.53. The van der Waals surface area contributed by atoms with Gasteiger partial charge in [0.1, 0.15) is 12.4 Å². The summed E-state index contributed by atoms with van der Waals surface area (Å²) in [5.74, 6) is 0.642. The predicted octanol–water partition coefficient (Wildman–Crippen LogP) is 3.47. The lowest BCUT2D eigenvalue weighted by molar-refractivity contribution is -0.384. The number of nitro groups is 1. The second-order valence-electron chi connectivity index (χ2n) is 5.09. The Balaban J connectivity index is 1.75. The third-order valence-corrected chi connectivity index (χ3v) is 3.53. The second kappa shape index (κ2) is 6.39. The summed E-state index contributed by atoms with van der Waals surface area (Å²) >= 11 is 0. The normalized spacial score (nSPS) is 13.2. The van der Waals surface area contributed by atoms with Gasteiger partial charge in [-0.3, -0.25) is 10.1 Å². The molecule has 0 aliphatic carbocycles. The fourth-order valence-corrected chi connectivity index (χ4v) is 2.38. The zero-order valence-electron chi connectivity index (χ0n) is 12.3. The van der Waals surface area contributed by atoms with E-state index in [0.29, 0.717) is 30.1 Å². The number of non-ortho nitro benzene ring substituents is 1. The minimum absolute atomic E-state index is 0.0144. The quantitative estimate of drug-likeness (QED) is 0.675. The number of aliphatic hydroxyl groups is 1. The van der Waals surface area contributed by atoms with E-state index in [2.05, 4.69) is 0 Å². The van der Waals surface area contributed by atoms with E-state index in [4.69, 9.17) is 9.47 Å². The smallest absolute Gasteiger partial charge is 0.273 e. The van der Waals surface area contributed by atoms with Crippen LogP contribution < -0.4 is 4.74 Å². The predicted molar refractivity (Wildman–Crippen MR) is 84.2 cm³/mol. The molecular formula is C17H15NO5. The van der Waals surface area contributed by atoms with Crippen LogP contribution in [0.2, 0.25) is 0 Å². The average Bonchev–Trinajstić information content (AvgIpc) is 2.57. The SMILES string of the molecule is O=[N+]([O-])c1ccc2c(c1)OCC(O)=C2OCCc1ccccc1. The van der Waals surface area contributed by atoms with Crippen molar-refractivity contribution in [1.29, 1.82) is 0 Å². The first-order valence-electron chi connectivity index (χ1n) is 7.15. The number of aliphatic hydroxyl groups excluding tert-OH is 1. The Bertz CT molecular complexity index is 755. The van der Waals surface area contributed by atoms with Crippen molar-refractivity contribution in [1.82, 2.24) is 0 Å². The van der Waals surface area contributed by atoms with Crippen LogP contribution in [0, 0.1) is 10.1 Å². The zero-order valence-corrected chi connectivity index (χ0v) is 12.3. The van der Waals surface area contributed by atoms with Gasteiger partial charge in [-0.25, -0.2) is 0 Å². The summed E-state index contributed by atoms with van der Waals surface area (Å²) in [4.78, 5) is 10.3. The fourth-order valence-electron chi connectivity index (χ4n) is 2.38. The largest absolute Gasteiger partial charge is 0.505 e. The lowest BCUT2D eigenvalue weighted by atomic mass is 10.1. The van der Waals surface area contributed by atoms with Gasteiger partial charge in [-0.05, 0) is 11.6 Å². The Hall–Kier alpha value is -3.02. The van der Waals surface area contributed by atoms with Crippen LogP contribution in [0.5, 0.6) is 5.75 Å². The summed E-state index contributed by atoms with van der Waals surface area (Å²) in [6.45, 7) is 0.328. The molecule has 0 aromatic heterocycles. The van der Waals surface area contributed by atoms with E-state index in [1.807, 2.05) is 30.3 Å². The van der Waals surface area contributed by atoms with E-state index >= 15 is 0 Å². The van der Waals surface area contributed by atoms with Gasteiger partial charge in [0, 0.05) is 12.5 Å². The van der Waals surface area contributed by atoms with Crippen LogP contribution in [-0.2, 0) is 11.2 Å². The van der Waals surface area contributed by atoms with E-state index in [1.54, 1.807) is 0 Å². The Kier molecular flexibility index (Phi) is 4.14. The Morgan fingerprint density at radius 1 is 1.22 bits per heavy atom. The van der Waals surface area contributed by atoms with Crippen LogP contribution in [0.3, 0.4) is 0 Å². The number of ether oxygens (including phenoxy) is 2.